The van der Waals surface area contributed by atoms with Crippen LogP contribution in [0.2, 0.25) is 0 Å². The van der Waals surface area contributed by atoms with Crippen LogP contribution in [-0.2, 0) is 16.2 Å². The second kappa shape index (κ2) is 17.7. The van der Waals surface area contributed by atoms with Gasteiger partial charge in [-0.2, -0.15) is 0 Å². The van der Waals surface area contributed by atoms with Gasteiger partial charge in [-0.1, -0.05) is 159 Å². The Balaban J connectivity index is 0.896. The average molecular weight is 1030 g/mol. The van der Waals surface area contributed by atoms with Crippen molar-refractivity contribution in [1.82, 2.24) is 14.1 Å². The lowest BCUT2D eigenvalue weighted by molar-refractivity contribution is 0.483. The number of benzene rings is 9. The van der Waals surface area contributed by atoms with E-state index >= 15 is 0 Å². The monoisotopic (exact) mass is 1030 g/mol. The molecule has 0 unspecified atom stereocenters. The Bertz CT molecular complexity index is 4500. The Morgan fingerprint density at radius 1 is 0.405 bits per heavy atom. The highest BCUT2D eigenvalue weighted by atomic mass is 16.5. The summed E-state index contributed by atoms with van der Waals surface area (Å²) < 4.78 is 18.4. The number of para-hydroxylation sites is 5. The van der Waals surface area contributed by atoms with Gasteiger partial charge in [0.05, 0.1) is 33.4 Å². The van der Waals surface area contributed by atoms with Gasteiger partial charge in [-0.15, -0.1) is 0 Å². The van der Waals surface area contributed by atoms with Crippen LogP contribution in [0.15, 0.2) is 211 Å². The summed E-state index contributed by atoms with van der Waals surface area (Å²) in [7, 11) is 0. The molecule has 0 N–H and O–H groups in total. The lowest BCUT2D eigenvalue weighted by atomic mass is 9.80. The molecule has 0 radical (unpaired) electrons. The van der Waals surface area contributed by atoms with Gasteiger partial charge in [0.25, 0.3) is 0 Å². The Morgan fingerprint density at radius 2 is 1.03 bits per heavy atom. The van der Waals surface area contributed by atoms with E-state index in [4.69, 9.17) is 14.1 Å². The van der Waals surface area contributed by atoms with Crippen molar-refractivity contribution < 1.29 is 9.15 Å². The number of hydrogen-bond donors (Lipinski definition) is 0. The minimum absolute atomic E-state index is 0.0654. The number of rotatable bonds is 7. The molecule has 0 bridgehead atoms. The van der Waals surface area contributed by atoms with E-state index in [1.807, 2.05) is 12.3 Å². The molecule has 0 saturated carbocycles. The van der Waals surface area contributed by atoms with Gasteiger partial charge in [-0.05, 0) is 124 Å². The Morgan fingerprint density at radius 3 is 1.76 bits per heavy atom. The van der Waals surface area contributed by atoms with Crippen molar-refractivity contribution in [1.29, 1.82) is 0 Å². The standard InChI is InChI=1S/C72H63N5O2/c1-70(2,3)45-35-36-73-67(40-45)77-63-34-31-49(76-61-27-13-10-21-53(61)54-22-11-14-28-62(54)76)42-60(63)55-33-32-52(43-65(55)77)78-51-20-16-19-48(41-51)74-44-75(50-38-46(71(4,5)6)37-47(39-50)72(7,8)9)68-57(24-18-29-64(68)74)59-26-17-25-58-56-23-12-15-30-66(56)79-69(58)59/h10-43H,44H2,1-9H3. The number of aromatic nitrogens is 3. The molecule has 0 saturated heterocycles. The van der Waals surface area contributed by atoms with Crippen LogP contribution in [0, 0.1) is 0 Å². The van der Waals surface area contributed by atoms with E-state index in [0.29, 0.717) is 6.67 Å². The van der Waals surface area contributed by atoms with E-state index in [0.717, 1.165) is 101 Å². The van der Waals surface area contributed by atoms with Gasteiger partial charge in [0.15, 0.2) is 0 Å². The number of nitrogens with zero attached hydrogens (tertiary/aromatic N) is 5. The van der Waals surface area contributed by atoms with Crippen molar-refractivity contribution in [2.75, 3.05) is 16.5 Å². The van der Waals surface area contributed by atoms with Crippen LogP contribution >= 0.6 is 0 Å². The third-order valence-corrected chi connectivity index (χ3v) is 16.3. The first-order valence-corrected chi connectivity index (χ1v) is 27.6. The maximum absolute atomic E-state index is 7.02. The minimum Gasteiger partial charge on any atom is -0.457 e. The number of hydrogen-bond acceptors (Lipinski definition) is 5. The van der Waals surface area contributed by atoms with E-state index in [1.165, 1.54) is 38.5 Å². The normalized spacial score (nSPS) is 13.3. The molecule has 0 fully saturated rings. The summed E-state index contributed by atoms with van der Waals surface area (Å²) in [4.78, 5) is 9.98. The largest absolute Gasteiger partial charge is 0.457 e. The Hall–Kier alpha value is -9.07. The first kappa shape index (κ1) is 48.3. The van der Waals surface area contributed by atoms with Gasteiger partial charge in [0.2, 0.25) is 0 Å². The van der Waals surface area contributed by atoms with Crippen LogP contribution < -0.4 is 14.5 Å². The molecule has 1 aliphatic rings. The smallest absolute Gasteiger partial charge is 0.143 e. The van der Waals surface area contributed by atoms with Gasteiger partial charge in [0, 0.05) is 78.8 Å². The van der Waals surface area contributed by atoms with Crippen LogP contribution in [0.25, 0.3) is 88.2 Å². The zero-order valence-corrected chi connectivity index (χ0v) is 46.4. The number of fused-ring (bicyclic) bond motifs is 10. The first-order valence-electron chi connectivity index (χ1n) is 27.6. The van der Waals surface area contributed by atoms with Crippen LogP contribution in [0.4, 0.5) is 22.7 Å². The average Bonchev–Trinajstić information content (AvgIpc) is 3.82. The summed E-state index contributed by atoms with van der Waals surface area (Å²) in [6, 6.07) is 72.4. The second-order valence-corrected chi connectivity index (χ2v) is 24.6. The van der Waals surface area contributed by atoms with Crippen molar-refractivity contribution >= 4 is 88.3 Å². The number of pyridine rings is 1. The van der Waals surface area contributed by atoms with Crippen molar-refractivity contribution in [3.8, 4) is 34.1 Å². The van der Waals surface area contributed by atoms with Crippen molar-refractivity contribution in [2.45, 2.75) is 78.6 Å². The Kier molecular flexibility index (Phi) is 10.8. The molecule has 7 nitrogen and oxygen atoms in total. The maximum atomic E-state index is 7.02. The van der Waals surface area contributed by atoms with Crippen molar-refractivity contribution in [2.24, 2.45) is 0 Å². The van der Waals surface area contributed by atoms with Crippen molar-refractivity contribution in [3.63, 3.8) is 0 Å². The SMILES string of the molecule is CC(C)(C)c1cc(N2CN(c3cccc(Oc4ccc5c6cc(-n7c8ccccc8c8ccccc87)ccc6n(-c6cc(C(C)(C)C)ccn6)c5c4)c3)c3cccc(-c4cccc5c4oc4ccccc45)c32)cc(C(C)(C)C)c1. The molecule has 0 amide bonds. The van der Waals surface area contributed by atoms with E-state index in [2.05, 4.69) is 275 Å². The molecule has 13 aromatic rings. The summed E-state index contributed by atoms with van der Waals surface area (Å²) >= 11 is 0. The molecule has 5 heterocycles. The summed E-state index contributed by atoms with van der Waals surface area (Å²) in [6.07, 6.45) is 1.94. The molecular formula is C72H63N5O2. The highest BCUT2D eigenvalue weighted by Gasteiger charge is 2.34. The molecule has 9 aromatic carbocycles. The number of anilines is 4. The van der Waals surface area contributed by atoms with Crippen LogP contribution in [-0.4, -0.2) is 20.8 Å². The van der Waals surface area contributed by atoms with Crippen LogP contribution in [0.3, 0.4) is 0 Å². The lowest BCUT2D eigenvalue weighted by Crippen LogP contribution is -2.25. The third-order valence-electron chi connectivity index (χ3n) is 16.3. The number of ether oxygens (including phenoxy) is 1. The second-order valence-electron chi connectivity index (χ2n) is 24.6. The van der Waals surface area contributed by atoms with Gasteiger partial charge in [0.1, 0.15) is 35.2 Å². The fourth-order valence-electron chi connectivity index (χ4n) is 12.1. The van der Waals surface area contributed by atoms with Crippen LogP contribution in [0.1, 0.15) is 79.0 Å². The predicted molar refractivity (Wildman–Crippen MR) is 330 cm³/mol. The topological polar surface area (TPSA) is 51.6 Å². The van der Waals surface area contributed by atoms with E-state index in [1.54, 1.807) is 0 Å². The molecular weight excluding hydrogens is 967 g/mol. The van der Waals surface area contributed by atoms with E-state index in [-0.39, 0.29) is 16.2 Å². The fourth-order valence-corrected chi connectivity index (χ4v) is 12.1. The molecule has 7 heteroatoms. The highest BCUT2D eigenvalue weighted by molar-refractivity contribution is 6.14. The fraction of sp³-hybridized carbons (Fsp3) is 0.181. The molecule has 79 heavy (non-hydrogen) atoms. The lowest BCUT2D eigenvalue weighted by Gasteiger charge is -2.30. The number of furan rings is 1. The molecule has 4 aromatic heterocycles. The summed E-state index contributed by atoms with van der Waals surface area (Å²) in [5.74, 6) is 2.35. The predicted octanol–water partition coefficient (Wildman–Crippen LogP) is 19.8. The highest BCUT2D eigenvalue weighted by Crippen LogP contribution is 2.52. The van der Waals surface area contributed by atoms with Gasteiger partial charge in [-0.25, -0.2) is 4.98 Å². The zero-order valence-electron chi connectivity index (χ0n) is 46.4. The summed E-state index contributed by atoms with van der Waals surface area (Å²) in [5.41, 5.74) is 17.6. The van der Waals surface area contributed by atoms with E-state index in [9.17, 15) is 0 Å². The van der Waals surface area contributed by atoms with E-state index < -0.39 is 0 Å². The van der Waals surface area contributed by atoms with Crippen LogP contribution in [0.5, 0.6) is 11.5 Å². The first-order chi connectivity index (χ1) is 38.0. The van der Waals surface area contributed by atoms with Gasteiger partial charge < -0.3 is 23.5 Å². The van der Waals surface area contributed by atoms with Gasteiger partial charge >= 0.3 is 0 Å². The van der Waals surface area contributed by atoms with Gasteiger partial charge in [-0.3, -0.25) is 4.57 Å². The molecule has 1 aliphatic heterocycles. The summed E-state index contributed by atoms with van der Waals surface area (Å²) in [6.45, 7) is 21.2. The minimum atomic E-state index is -0.0672. The molecule has 0 spiro atoms. The summed E-state index contributed by atoms with van der Waals surface area (Å²) in [5, 5.41) is 6.97. The molecule has 0 aliphatic carbocycles. The molecule has 388 valence electrons. The Labute approximate surface area is 461 Å². The molecule has 14 rings (SSSR count). The quantitative estimate of drug-likeness (QED) is 0.159. The maximum Gasteiger partial charge on any atom is 0.143 e. The third kappa shape index (κ3) is 8.04. The van der Waals surface area contributed by atoms with Crippen molar-refractivity contribution in [3.05, 3.63) is 223 Å². The zero-order chi connectivity index (χ0) is 54.1. The molecule has 0 atom stereocenters.